The summed E-state index contributed by atoms with van der Waals surface area (Å²) < 4.78 is 15.9. The molecule has 1 aromatic heterocycles. The van der Waals surface area contributed by atoms with Gasteiger partial charge in [0, 0.05) is 31.0 Å². The van der Waals surface area contributed by atoms with Crippen LogP contribution in [-0.4, -0.2) is 42.7 Å². The highest BCUT2D eigenvalue weighted by atomic mass is 16.6. The van der Waals surface area contributed by atoms with Crippen LogP contribution in [0.3, 0.4) is 0 Å². The van der Waals surface area contributed by atoms with E-state index in [1.54, 1.807) is 69.4 Å². The van der Waals surface area contributed by atoms with Crippen LogP contribution in [0.1, 0.15) is 26.3 Å². The van der Waals surface area contributed by atoms with Gasteiger partial charge in [0.25, 0.3) is 0 Å². The molecule has 10 nitrogen and oxygen atoms in total. The smallest absolute Gasteiger partial charge is 0.407 e. The summed E-state index contributed by atoms with van der Waals surface area (Å²) in [4.78, 5) is 42.4. The number of carbonyl (C=O) groups excluding carboxylic acids is 3. The fraction of sp³-hybridized carbons (Fsp3) is 0.280. The summed E-state index contributed by atoms with van der Waals surface area (Å²) in [6.45, 7) is 5.54. The Morgan fingerprint density at radius 1 is 1.11 bits per heavy atom. The van der Waals surface area contributed by atoms with Crippen LogP contribution < -0.4 is 20.3 Å². The lowest BCUT2D eigenvalue weighted by molar-refractivity contribution is -0.134. The van der Waals surface area contributed by atoms with Crippen LogP contribution in [0.25, 0.3) is 11.3 Å². The van der Waals surface area contributed by atoms with Gasteiger partial charge in [0.05, 0.1) is 18.9 Å². The Hall–Kier alpha value is -4.34. The van der Waals surface area contributed by atoms with Gasteiger partial charge >= 0.3 is 17.9 Å². The van der Waals surface area contributed by atoms with Crippen molar-refractivity contribution in [1.82, 2.24) is 10.3 Å². The summed E-state index contributed by atoms with van der Waals surface area (Å²) in [6.07, 6.45) is 2.31. The van der Waals surface area contributed by atoms with Crippen LogP contribution in [0.2, 0.25) is 0 Å². The minimum atomic E-state index is -0.820. The quantitative estimate of drug-likeness (QED) is 0.512. The van der Waals surface area contributed by atoms with Crippen molar-refractivity contribution in [2.24, 2.45) is 0 Å². The third-order valence-corrected chi connectivity index (χ3v) is 4.79. The number of likely N-dealkylation sites (N-methyl/N-ethyl adjacent to an activating group) is 1. The Bertz CT molecular complexity index is 1200. The Morgan fingerprint density at radius 3 is 2.54 bits per heavy atom. The minimum absolute atomic E-state index is 0.203. The maximum absolute atomic E-state index is 12.8. The van der Waals surface area contributed by atoms with Gasteiger partial charge in [-0.05, 0) is 50.6 Å². The summed E-state index contributed by atoms with van der Waals surface area (Å²) in [6, 6.07) is 11.8. The Kier molecular flexibility index (Phi) is 7.75. The van der Waals surface area contributed by atoms with Gasteiger partial charge < -0.3 is 29.4 Å². The summed E-state index contributed by atoms with van der Waals surface area (Å²) in [5.41, 5.74) is 1.66. The van der Waals surface area contributed by atoms with E-state index in [2.05, 4.69) is 15.6 Å². The van der Waals surface area contributed by atoms with E-state index >= 15 is 0 Å². The number of nitrogens with one attached hydrogen (secondary N) is 2. The number of aromatic nitrogens is 1. The van der Waals surface area contributed by atoms with Crippen molar-refractivity contribution in [2.75, 3.05) is 24.4 Å². The number of benzene rings is 2. The molecule has 0 spiro atoms. The number of carbonyl (C=O) groups is 3. The van der Waals surface area contributed by atoms with Gasteiger partial charge in [-0.1, -0.05) is 12.1 Å². The third kappa shape index (κ3) is 6.83. The van der Waals surface area contributed by atoms with Crippen molar-refractivity contribution in [1.29, 1.82) is 0 Å². The van der Waals surface area contributed by atoms with E-state index in [-0.39, 0.29) is 6.54 Å². The zero-order chi connectivity index (χ0) is 25.6. The number of amides is 3. The lowest BCUT2D eigenvalue weighted by Crippen LogP contribution is -2.37. The maximum Gasteiger partial charge on any atom is 0.407 e. The average molecular weight is 481 g/mol. The molecule has 0 bridgehead atoms. The molecule has 2 N–H and O–H groups in total. The first kappa shape index (κ1) is 25.3. The molecule has 3 amide bonds. The number of nitrogens with zero attached hydrogens (tertiary/aromatic N) is 2. The van der Waals surface area contributed by atoms with E-state index in [1.165, 1.54) is 25.5 Å². The van der Waals surface area contributed by atoms with Gasteiger partial charge in [-0.2, -0.15) is 0 Å². The second-order valence-corrected chi connectivity index (χ2v) is 8.62. The Balaban J connectivity index is 1.65. The number of oxazole rings is 1. The predicted molar refractivity (Wildman–Crippen MR) is 130 cm³/mol. The molecule has 2 aromatic carbocycles. The molecule has 0 fully saturated rings. The van der Waals surface area contributed by atoms with Crippen molar-refractivity contribution < 1.29 is 28.3 Å². The molecule has 1 heterocycles. The summed E-state index contributed by atoms with van der Waals surface area (Å²) in [7, 11) is 2.99. The second-order valence-electron chi connectivity index (χ2n) is 8.62. The standard InChI is InChI=1S/C25H28N4O6/c1-25(2,3)35-24(32)27-13-16-7-6-8-18(11-16)29(4)23(31)22(30)28-17-9-10-19(20(12-17)33-5)21-14-26-15-34-21/h6-12,14-15H,13H2,1-5H3,(H,27,32)(H,28,30). The summed E-state index contributed by atoms with van der Waals surface area (Å²) >= 11 is 0. The van der Waals surface area contributed by atoms with E-state index in [0.29, 0.717) is 28.4 Å². The van der Waals surface area contributed by atoms with Crippen LogP contribution in [0.4, 0.5) is 16.2 Å². The van der Waals surface area contributed by atoms with Crippen molar-refractivity contribution in [2.45, 2.75) is 32.9 Å². The molecule has 10 heteroatoms. The third-order valence-electron chi connectivity index (χ3n) is 4.79. The monoisotopic (exact) mass is 480 g/mol. The van der Waals surface area contributed by atoms with Crippen molar-refractivity contribution in [3.05, 3.63) is 60.6 Å². The highest BCUT2D eigenvalue weighted by Crippen LogP contribution is 2.32. The number of alkyl carbamates (subject to hydrolysis) is 1. The van der Waals surface area contributed by atoms with Gasteiger partial charge in [0.1, 0.15) is 11.4 Å². The van der Waals surface area contributed by atoms with Gasteiger partial charge in [0.2, 0.25) is 0 Å². The predicted octanol–water partition coefficient (Wildman–Crippen LogP) is 3.98. The number of methoxy groups -OCH3 is 1. The SMILES string of the molecule is COc1cc(NC(=O)C(=O)N(C)c2cccc(CNC(=O)OC(C)(C)C)c2)ccc1-c1cnco1. The molecule has 35 heavy (non-hydrogen) atoms. The van der Waals surface area contributed by atoms with E-state index in [4.69, 9.17) is 13.9 Å². The fourth-order valence-corrected chi connectivity index (χ4v) is 3.14. The molecule has 3 rings (SSSR count). The van der Waals surface area contributed by atoms with Crippen molar-refractivity contribution >= 4 is 29.3 Å². The first-order valence-electron chi connectivity index (χ1n) is 10.8. The molecule has 184 valence electrons. The van der Waals surface area contributed by atoms with Crippen LogP contribution in [-0.2, 0) is 20.9 Å². The molecule has 0 saturated carbocycles. The van der Waals surface area contributed by atoms with Crippen LogP contribution in [0.5, 0.6) is 5.75 Å². The highest BCUT2D eigenvalue weighted by Gasteiger charge is 2.21. The Morgan fingerprint density at radius 2 is 1.89 bits per heavy atom. The lowest BCUT2D eigenvalue weighted by Gasteiger charge is -2.20. The largest absolute Gasteiger partial charge is 0.496 e. The van der Waals surface area contributed by atoms with Crippen molar-refractivity contribution in [3.63, 3.8) is 0 Å². The zero-order valence-corrected chi connectivity index (χ0v) is 20.2. The van der Waals surface area contributed by atoms with Gasteiger partial charge in [-0.25, -0.2) is 9.78 Å². The molecule has 3 aromatic rings. The van der Waals surface area contributed by atoms with Crippen LogP contribution in [0, 0.1) is 0 Å². The van der Waals surface area contributed by atoms with Gasteiger partial charge in [0.15, 0.2) is 12.2 Å². The topological polar surface area (TPSA) is 123 Å². The fourth-order valence-electron chi connectivity index (χ4n) is 3.14. The number of hydrogen-bond donors (Lipinski definition) is 2. The number of rotatable bonds is 6. The van der Waals surface area contributed by atoms with Crippen LogP contribution in [0.15, 0.2) is 59.5 Å². The molecule has 0 atom stereocenters. The molecule has 0 saturated heterocycles. The molecule has 0 aliphatic rings. The molecule has 0 radical (unpaired) electrons. The molecular formula is C25H28N4O6. The zero-order valence-electron chi connectivity index (χ0n) is 20.2. The van der Waals surface area contributed by atoms with E-state index < -0.39 is 23.5 Å². The molecular weight excluding hydrogens is 452 g/mol. The molecule has 0 aliphatic heterocycles. The first-order chi connectivity index (χ1) is 16.6. The summed E-state index contributed by atoms with van der Waals surface area (Å²) in [5.74, 6) is -0.623. The number of hydrogen-bond acceptors (Lipinski definition) is 7. The van der Waals surface area contributed by atoms with Gasteiger partial charge in [-0.15, -0.1) is 0 Å². The average Bonchev–Trinajstić information content (AvgIpc) is 3.35. The Labute approximate surface area is 203 Å². The maximum atomic E-state index is 12.8. The van der Waals surface area contributed by atoms with E-state index in [1.807, 2.05) is 0 Å². The summed E-state index contributed by atoms with van der Waals surface area (Å²) in [5, 5.41) is 5.25. The normalized spacial score (nSPS) is 10.9. The van der Waals surface area contributed by atoms with Gasteiger partial charge in [-0.3, -0.25) is 9.59 Å². The highest BCUT2D eigenvalue weighted by molar-refractivity contribution is 6.44. The number of ether oxygens (including phenoxy) is 2. The molecule has 0 aliphatic carbocycles. The lowest BCUT2D eigenvalue weighted by atomic mass is 10.1. The molecule has 0 unspecified atom stereocenters. The number of anilines is 2. The van der Waals surface area contributed by atoms with E-state index in [9.17, 15) is 14.4 Å². The van der Waals surface area contributed by atoms with Crippen molar-refractivity contribution in [3.8, 4) is 17.1 Å². The second kappa shape index (κ2) is 10.7. The van der Waals surface area contributed by atoms with E-state index in [0.717, 1.165) is 5.56 Å². The van der Waals surface area contributed by atoms with Crippen LogP contribution >= 0.6 is 0 Å². The minimum Gasteiger partial charge on any atom is -0.496 e. The first-order valence-corrected chi connectivity index (χ1v) is 10.8.